The first kappa shape index (κ1) is 25.4. The Bertz CT molecular complexity index is 1270. The summed E-state index contributed by atoms with van der Waals surface area (Å²) in [7, 11) is -3.66. The number of aryl methyl sites for hydroxylation is 3. The zero-order valence-electron chi connectivity index (χ0n) is 20.2. The molecule has 0 unspecified atom stereocenters. The Kier molecular flexibility index (Phi) is 7.93. The molecule has 2 aromatic carbocycles. The van der Waals surface area contributed by atoms with Gasteiger partial charge in [-0.05, 0) is 44.7 Å². The molecule has 1 aliphatic rings. The zero-order valence-corrected chi connectivity index (χ0v) is 21.9. The SMILES string of the molecule is Cc1cc(C)c(S(=O)(=O)N2CCC[C@@H](C(=O)NCCSc3n[nH]c(-c4ccccc4)n3)C2)c(C)c1. The molecule has 8 nitrogen and oxygen atoms in total. The van der Waals surface area contributed by atoms with E-state index < -0.39 is 10.0 Å². The molecule has 1 fully saturated rings. The molecule has 186 valence electrons. The molecule has 3 aromatic rings. The minimum absolute atomic E-state index is 0.109. The van der Waals surface area contributed by atoms with Crippen molar-refractivity contribution < 1.29 is 13.2 Å². The van der Waals surface area contributed by atoms with Crippen molar-refractivity contribution in [2.24, 2.45) is 5.92 Å². The Balaban J connectivity index is 1.30. The van der Waals surface area contributed by atoms with Gasteiger partial charge in [-0.25, -0.2) is 13.4 Å². The van der Waals surface area contributed by atoms with E-state index in [1.165, 1.54) is 16.1 Å². The molecule has 0 radical (unpaired) electrons. The number of carbonyl (C=O) groups excluding carboxylic acids is 1. The third-order valence-electron chi connectivity index (χ3n) is 6.10. The van der Waals surface area contributed by atoms with E-state index in [4.69, 9.17) is 0 Å². The first-order valence-electron chi connectivity index (χ1n) is 11.7. The summed E-state index contributed by atoms with van der Waals surface area (Å²) in [5.41, 5.74) is 3.49. The second kappa shape index (κ2) is 10.9. The first-order valence-corrected chi connectivity index (χ1v) is 14.1. The van der Waals surface area contributed by atoms with Gasteiger partial charge in [0.15, 0.2) is 5.82 Å². The van der Waals surface area contributed by atoms with Crippen LogP contribution in [-0.2, 0) is 14.8 Å². The maximum atomic E-state index is 13.4. The Morgan fingerprint density at radius 2 is 1.89 bits per heavy atom. The Labute approximate surface area is 211 Å². The molecule has 2 heterocycles. The molecule has 1 aromatic heterocycles. The van der Waals surface area contributed by atoms with E-state index in [1.54, 1.807) is 0 Å². The third kappa shape index (κ3) is 5.94. The molecule has 35 heavy (non-hydrogen) atoms. The van der Waals surface area contributed by atoms with Crippen LogP contribution in [0.4, 0.5) is 0 Å². The summed E-state index contributed by atoms with van der Waals surface area (Å²) in [6.07, 6.45) is 1.34. The predicted octanol–water partition coefficient (Wildman–Crippen LogP) is 3.71. The molecule has 0 spiro atoms. The maximum absolute atomic E-state index is 13.4. The van der Waals surface area contributed by atoms with Crippen LogP contribution in [0.3, 0.4) is 0 Å². The smallest absolute Gasteiger partial charge is 0.243 e. The van der Waals surface area contributed by atoms with Crippen molar-refractivity contribution in [3.05, 3.63) is 59.2 Å². The van der Waals surface area contributed by atoms with E-state index in [9.17, 15) is 13.2 Å². The second-order valence-electron chi connectivity index (χ2n) is 8.90. The first-order chi connectivity index (χ1) is 16.8. The lowest BCUT2D eigenvalue weighted by molar-refractivity contribution is -0.125. The molecule has 1 aliphatic heterocycles. The molecular formula is C25H31N5O3S2. The third-order valence-corrected chi connectivity index (χ3v) is 9.12. The number of H-pyrrole nitrogens is 1. The molecule has 1 amide bonds. The van der Waals surface area contributed by atoms with E-state index in [0.29, 0.717) is 47.6 Å². The standard InChI is InChI=1S/C25H31N5O3S2/c1-17-14-18(2)22(19(3)15-17)35(32,33)30-12-7-10-21(16-30)24(31)26-11-13-34-25-27-23(28-29-25)20-8-5-4-6-9-20/h4-6,8-9,14-15,21H,7,10-13,16H2,1-3H3,(H,26,31)(H,27,28,29)/t21-/m1/s1. The Hall–Kier alpha value is -2.69. The van der Waals surface area contributed by atoms with Crippen LogP contribution in [-0.4, -0.2) is 59.2 Å². The normalized spacial score (nSPS) is 16.8. The number of piperidine rings is 1. The fourth-order valence-electron chi connectivity index (χ4n) is 4.57. The number of sulfonamides is 1. The quantitative estimate of drug-likeness (QED) is 0.351. The fraction of sp³-hybridized carbons (Fsp3) is 0.400. The summed E-state index contributed by atoms with van der Waals surface area (Å²) in [5.74, 6) is 0.860. The van der Waals surface area contributed by atoms with Crippen LogP contribution in [0.25, 0.3) is 11.4 Å². The number of thioether (sulfide) groups is 1. The van der Waals surface area contributed by atoms with Crippen LogP contribution in [0.15, 0.2) is 52.5 Å². The van der Waals surface area contributed by atoms with Gasteiger partial charge in [-0.2, -0.15) is 4.31 Å². The average Bonchev–Trinajstić information content (AvgIpc) is 3.30. The molecule has 1 saturated heterocycles. The zero-order chi connectivity index (χ0) is 25.0. The number of hydrogen-bond acceptors (Lipinski definition) is 6. The fourth-order valence-corrected chi connectivity index (χ4v) is 7.16. The lowest BCUT2D eigenvalue weighted by atomic mass is 9.99. The van der Waals surface area contributed by atoms with Gasteiger partial charge in [-0.3, -0.25) is 9.89 Å². The average molecular weight is 514 g/mol. The summed E-state index contributed by atoms with van der Waals surface area (Å²) >= 11 is 1.46. The van der Waals surface area contributed by atoms with Crippen LogP contribution >= 0.6 is 11.8 Å². The highest BCUT2D eigenvalue weighted by Crippen LogP contribution is 2.29. The highest BCUT2D eigenvalue weighted by molar-refractivity contribution is 7.99. The van der Waals surface area contributed by atoms with Gasteiger partial charge in [0, 0.05) is 31.0 Å². The summed E-state index contributed by atoms with van der Waals surface area (Å²) < 4.78 is 28.3. The lowest BCUT2D eigenvalue weighted by Gasteiger charge is -2.32. The van der Waals surface area contributed by atoms with E-state index in [0.717, 1.165) is 22.3 Å². The summed E-state index contributed by atoms with van der Waals surface area (Å²) in [6.45, 7) is 6.71. The number of nitrogens with zero attached hydrogens (tertiary/aromatic N) is 3. The van der Waals surface area contributed by atoms with Gasteiger partial charge in [-0.1, -0.05) is 59.8 Å². The Morgan fingerprint density at radius 1 is 1.17 bits per heavy atom. The molecule has 4 rings (SSSR count). The monoisotopic (exact) mass is 513 g/mol. The number of amides is 1. The topological polar surface area (TPSA) is 108 Å². The molecule has 2 N–H and O–H groups in total. The van der Waals surface area contributed by atoms with Crippen LogP contribution in [0.5, 0.6) is 0 Å². The molecular weight excluding hydrogens is 482 g/mol. The predicted molar refractivity (Wildman–Crippen MR) is 138 cm³/mol. The van der Waals surface area contributed by atoms with Crippen molar-refractivity contribution in [2.45, 2.75) is 43.7 Å². The second-order valence-corrected chi connectivity index (χ2v) is 11.8. The summed E-state index contributed by atoms with van der Waals surface area (Å²) in [6, 6.07) is 13.5. The van der Waals surface area contributed by atoms with E-state index in [1.807, 2.05) is 63.2 Å². The number of aromatic amines is 1. The van der Waals surface area contributed by atoms with Crippen LogP contribution in [0, 0.1) is 26.7 Å². The van der Waals surface area contributed by atoms with Gasteiger partial charge in [0.2, 0.25) is 21.1 Å². The van der Waals surface area contributed by atoms with Gasteiger partial charge in [0.25, 0.3) is 0 Å². The highest BCUT2D eigenvalue weighted by atomic mass is 32.2. The molecule has 0 aliphatic carbocycles. The van der Waals surface area contributed by atoms with Gasteiger partial charge < -0.3 is 5.32 Å². The largest absolute Gasteiger partial charge is 0.355 e. The van der Waals surface area contributed by atoms with Crippen LogP contribution < -0.4 is 5.32 Å². The van der Waals surface area contributed by atoms with Crippen molar-refractivity contribution in [1.82, 2.24) is 24.8 Å². The minimum atomic E-state index is -3.66. The summed E-state index contributed by atoms with van der Waals surface area (Å²) in [4.78, 5) is 17.7. The maximum Gasteiger partial charge on any atom is 0.243 e. The van der Waals surface area contributed by atoms with Gasteiger partial charge in [0.05, 0.1) is 10.8 Å². The number of nitrogens with one attached hydrogen (secondary N) is 2. The number of benzene rings is 2. The van der Waals surface area contributed by atoms with E-state index in [2.05, 4.69) is 20.5 Å². The minimum Gasteiger partial charge on any atom is -0.355 e. The molecule has 1 atom stereocenters. The van der Waals surface area contributed by atoms with Gasteiger partial charge in [-0.15, -0.1) is 5.10 Å². The Morgan fingerprint density at radius 3 is 2.60 bits per heavy atom. The molecule has 0 saturated carbocycles. The van der Waals surface area contributed by atoms with Crippen LogP contribution in [0.2, 0.25) is 0 Å². The van der Waals surface area contributed by atoms with Gasteiger partial charge >= 0.3 is 0 Å². The number of hydrogen-bond donors (Lipinski definition) is 2. The lowest BCUT2D eigenvalue weighted by Crippen LogP contribution is -2.46. The number of rotatable bonds is 8. The molecule has 10 heteroatoms. The number of carbonyl (C=O) groups is 1. The molecule has 0 bridgehead atoms. The number of aromatic nitrogens is 3. The highest BCUT2D eigenvalue weighted by Gasteiger charge is 2.34. The van der Waals surface area contributed by atoms with Gasteiger partial charge in [0.1, 0.15) is 0 Å². The van der Waals surface area contributed by atoms with Crippen molar-refractivity contribution in [2.75, 3.05) is 25.4 Å². The van der Waals surface area contributed by atoms with Crippen molar-refractivity contribution >= 4 is 27.7 Å². The van der Waals surface area contributed by atoms with Crippen molar-refractivity contribution in [3.8, 4) is 11.4 Å². The van der Waals surface area contributed by atoms with E-state index >= 15 is 0 Å². The van der Waals surface area contributed by atoms with Crippen molar-refractivity contribution in [1.29, 1.82) is 0 Å². The van der Waals surface area contributed by atoms with Crippen LogP contribution in [0.1, 0.15) is 29.5 Å². The van der Waals surface area contributed by atoms with E-state index in [-0.39, 0.29) is 18.4 Å². The van der Waals surface area contributed by atoms with Crippen molar-refractivity contribution in [3.63, 3.8) is 0 Å². The summed E-state index contributed by atoms with van der Waals surface area (Å²) in [5, 5.41) is 10.7.